The highest BCUT2D eigenvalue weighted by molar-refractivity contribution is 6.00. The van der Waals surface area contributed by atoms with E-state index in [4.69, 9.17) is 11.5 Å². The number of carboxylic acids is 2. The number of nitrogens with zero attached hydrogens (tertiary/aromatic N) is 3. The fourth-order valence-electron chi connectivity index (χ4n) is 5.97. The van der Waals surface area contributed by atoms with Crippen LogP contribution in [0.1, 0.15) is 58.3 Å². The number of nitrogens with two attached hydrogens (primary N) is 2. The van der Waals surface area contributed by atoms with Gasteiger partial charge in [0.25, 0.3) is 0 Å². The molecular weight excluding hydrogens is 638 g/mol. The van der Waals surface area contributed by atoms with Crippen molar-refractivity contribution in [1.29, 1.82) is 0 Å². The molecule has 266 valence electrons. The third-order valence-electron chi connectivity index (χ3n) is 8.31. The quantitative estimate of drug-likeness (QED) is 0.0628. The van der Waals surface area contributed by atoms with Gasteiger partial charge in [0.2, 0.25) is 35.4 Å². The predicted molar refractivity (Wildman–Crippen MR) is 163 cm³/mol. The second-order valence-electron chi connectivity index (χ2n) is 11.9. The first-order chi connectivity index (χ1) is 22.6. The van der Waals surface area contributed by atoms with Crippen molar-refractivity contribution < 1.29 is 53.7 Å². The summed E-state index contributed by atoms with van der Waals surface area (Å²) in [5, 5.41) is 38.4. The standard InChI is InChI=1S/C28H43N9O11/c1-13(38)21-25(46)34-16(12-20(41)42)23(44)33-15(11-19(39)40)22(43)32-14(5-2-8-31-28(29)30)26(47)37-10-4-7-18(37)27(48)36-9-3-6-17(36)24(45)35-21/h13-18,21,38H,2-12H2,1H3,(H,32,43)(H,33,44)(H,34,46)(H,35,45)(H,39,40)(H,41,42)(H4,29,30,31)/t13-,14+,15+,16+,17+,18+,21+/m1/s1. The summed E-state index contributed by atoms with van der Waals surface area (Å²) < 4.78 is 0. The second-order valence-corrected chi connectivity index (χ2v) is 11.9. The first-order valence-corrected chi connectivity index (χ1v) is 15.6. The minimum absolute atomic E-state index is 0.0559. The molecule has 0 spiro atoms. The van der Waals surface area contributed by atoms with Gasteiger partial charge in [-0.05, 0) is 45.4 Å². The minimum Gasteiger partial charge on any atom is -0.481 e. The molecular formula is C28H43N9O11. The van der Waals surface area contributed by atoms with Crippen LogP contribution in [0.5, 0.6) is 0 Å². The van der Waals surface area contributed by atoms with Gasteiger partial charge in [-0.15, -0.1) is 0 Å². The number of aliphatic imine (C=N–C) groups is 1. The molecule has 3 rings (SSSR count). The van der Waals surface area contributed by atoms with E-state index in [0.29, 0.717) is 12.8 Å². The zero-order chi connectivity index (χ0) is 35.7. The Morgan fingerprint density at radius 3 is 1.79 bits per heavy atom. The summed E-state index contributed by atoms with van der Waals surface area (Å²) in [6.07, 6.45) is -2.13. The number of hydrogen-bond donors (Lipinski definition) is 9. The van der Waals surface area contributed by atoms with Gasteiger partial charge in [0.05, 0.1) is 18.9 Å². The van der Waals surface area contributed by atoms with Crippen LogP contribution in [0.25, 0.3) is 0 Å². The highest BCUT2D eigenvalue weighted by Crippen LogP contribution is 2.26. The van der Waals surface area contributed by atoms with Gasteiger partial charge in [0.1, 0.15) is 36.3 Å². The van der Waals surface area contributed by atoms with Crippen LogP contribution in [-0.4, -0.2) is 140 Å². The van der Waals surface area contributed by atoms with Crippen molar-refractivity contribution >= 4 is 53.3 Å². The van der Waals surface area contributed by atoms with Gasteiger partial charge < -0.3 is 57.9 Å². The fourth-order valence-corrected chi connectivity index (χ4v) is 5.97. The number of carbonyl (C=O) groups excluding carboxylic acids is 6. The third-order valence-corrected chi connectivity index (χ3v) is 8.31. The van der Waals surface area contributed by atoms with Gasteiger partial charge in [-0.25, -0.2) is 0 Å². The zero-order valence-electron chi connectivity index (χ0n) is 26.4. The van der Waals surface area contributed by atoms with E-state index in [0.717, 1.165) is 0 Å². The average molecular weight is 682 g/mol. The number of guanidine groups is 1. The van der Waals surface area contributed by atoms with Gasteiger partial charge in [-0.3, -0.25) is 43.3 Å². The Labute approximate surface area is 275 Å². The number of carbonyl (C=O) groups is 8. The van der Waals surface area contributed by atoms with Crippen molar-refractivity contribution in [3.8, 4) is 0 Å². The molecule has 0 saturated carbocycles. The van der Waals surface area contributed by atoms with Gasteiger partial charge >= 0.3 is 11.9 Å². The number of rotatable bonds is 9. The van der Waals surface area contributed by atoms with Crippen molar-refractivity contribution in [3.63, 3.8) is 0 Å². The average Bonchev–Trinajstić information content (AvgIpc) is 3.69. The van der Waals surface area contributed by atoms with E-state index in [1.54, 1.807) is 0 Å². The van der Waals surface area contributed by atoms with Crippen LogP contribution in [0.2, 0.25) is 0 Å². The lowest BCUT2D eigenvalue weighted by Gasteiger charge is -2.34. The number of nitrogens with one attached hydrogen (secondary N) is 4. The summed E-state index contributed by atoms with van der Waals surface area (Å²) in [7, 11) is 0. The molecule has 3 heterocycles. The number of amides is 6. The van der Waals surface area contributed by atoms with Crippen molar-refractivity contribution in [2.24, 2.45) is 16.5 Å². The molecule has 3 saturated heterocycles. The molecule has 20 nitrogen and oxygen atoms in total. The van der Waals surface area contributed by atoms with Crippen molar-refractivity contribution in [1.82, 2.24) is 31.1 Å². The topological polar surface area (TPSA) is 316 Å². The Kier molecular flexibility index (Phi) is 13.0. The van der Waals surface area contributed by atoms with Crippen molar-refractivity contribution in [2.45, 2.75) is 101 Å². The summed E-state index contributed by atoms with van der Waals surface area (Å²) in [4.78, 5) is 111. The molecule has 0 aliphatic carbocycles. The lowest BCUT2D eigenvalue weighted by molar-refractivity contribution is -0.149. The molecule has 0 aromatic heterocycles. The highest BCUT2D eigenvalue weighted by Gasteiger charge is 2.45. The first-order valence-electron chi connectivity index (χ1n) is 15.6. The van der Waals surface area contributed by atoms with E-state index >= 15 is 0 Å². The van der Waals surface area contributed by atoms with Crippen LogP contribution in [0.3, 0.4) is 0 Å². The van der Waals surface area contributed by atoms with E-state index in [-0.39, 0.29) is 51.3 Å². The number of aliphatic hydroxyl groups excluding tert-OH is 1. The first kappa shape index (κ1) is 37.4. The molecule has 3 fully saturated rings. The largest absolute Gasteiger partial charge is 0.481 e. The molecule has 48 heavy (non-hydrogen) atoms. The highest BCUT2D eigenvalue weighted by atomic mass is 16.4. The normalized spacial score (nSPS) is 28.1. The Morgan fingerprint density at radius 1 is 0.771 bits per heavy atom. The van der Waals surface area contributed by atoms with Crippen LogP contribution >= 0.6 is 0 Å². The van der Waals surface area contributed by atoms with Crippen LogP contribution in [0, 0.1) is 0 Å². The smallest absolute Gasteiger partial charge is 0.305 e. The molecule has 0 bridgehead atoms. The maximum Gasteiger partial charge on any atom is 0.305 e. The van der Waals surface area contributed by atoms with E-state index < -0.39 is 103 Å². The van der Waals surface area contributed by atoms with Crippen LogP contribution in [0.15, 0.2) is 4.99 Å². The van der Waals surface area contributed by atoms with Crippen LogP contribution in [0.4, 0.5) is 0 Å². The SMILES string of the molecule is C[C@@H](O)[C@@H]1NC(=O)[C@@H]2CCCN2C(=O)[C@@H]2CCCN2C(=O)[C@H](CCCN=C(N)N)NC(=O)[C@H](CC(=O)O)NC(=O)[C@H](CC(=O)O)NC1=O. The van der Waals surface area contributed by atoms with Gasteiger partial charge in [-0.1, -0.05) is 0 Å². The Balaban J connectivity index is 2.06. The summed E-state index contributed by atoms with van der Waals surface area (Å²) in [5.41, 5.74) is 10.8. The molecule has 0 unspecified atom stereocenters. The summed E-state index contributed by atoms with van der Waals surface area (Å²) in [6.45, 7) is 1.53. The molecule has 6 amide bonds. The molecule has 20 heteroatoms. The monoisotopic (exact) mass is 681 g/mol. The summed E-state index contributed by atoms with van der Waals surface area (Å²) in [5.74, 6) is -8.80. The Bertz CT molecular complexity index is 1320. The summed E-state index contributed by atoms with van der Waals surface area (Å²) >= 11 is 0. The second kappa shape index (κ2) is 16.7. The van der Waals surface area contributed by atoms with Crippen molar-refractivity contribution in [3.05, 3.63) is 0 Å². The maximum absolute atomic E-state index is 13.9. The van der Waals surface area contributed by atoms with Gasteiger partial charge in [0.15, 0.2) is 5.96 Å². The van der Waals surface area contributed by atoms with Crippen molar-refractivity contribution in [2.75, 3.05) is 19.6 Å². The third kappa shape index (κ3) is 9.75. The number of aliphatic carboxylic acids is 2. The molecule has 3 aliphatic rings. The molecule has 7 atom stereocenters. The molecule has 11 N–H and O–H groups in total. The number of hydrogen-bond acceptors (Lipinski definition) is 10. The lowest BCUT2D eigenvalue weighted by atomic mass is 10.0. The Hall–Kier alpha value is -5.01. The molecule has 0 aromatic carbocycles. The lowest BCUT2D eigenvalue weighted by Crippen LogP contribution is -2.62. The predicted octanol–water partition coefficient (Wildman–Crippen LogP) is -4.70. The van der Waals surface area contributed by atoms with E-state index in [1.165, 1.54) is 16.7 Å². The van der Waals surface area contributed by atoms with Gasteiger partial charge in [0, 0.05) is 19.6 Å². The molecule has 0 radical (unpaired) electrons. The maximum atomic E-state index is 13.9. The number of carboxylic acid groups (broad SMARTS) is 2. The Morgan fingerprint density at radius 2 is 1.27 bits per heavy atom. The molecule has 3 aliphatic heterocycles. The van der Waals surface area contributed by atoms with E-state index in [2.05, 4.69) is 26.3 Å². The number of fused-ring (bicyclic) bond motifs is 2. The number of aliphatic hydroxyl groups is 1. The van der Waals surface area contributed by atoms with E-state index in [9.17, 15) is 53.7 Å². The zero-order valence-corrected chi connectivity index (χ0v) is 26.4. The van der Waals surface area contributed by atoms with E-state index in [1.807, 2.05) is 0 Å². The van der Waals surface area contributed by atoms with Crippen LogP contribution in [-0.2, 0) is 38.4 Å². The van der Waals surface area contributed by atoms with Crippen LogP contribution < -0.4 is 32.7 Å². The fraction of sp³-hybridized carbons (Fsp3) is 0.679. The van der Waals surface area contributed by atoms with Gasteiger partial charge in [-0.2, -0.15) is 0 Å². The summed E-state index contributed by atoms with van der Waals surface area (Å²) in [6, 6.07) is -8.81. The molecule has 0 aromatic rings. The minimum atomic E-state index is -1.89.